The first kappa shape index (κ1) is 18.5. The maximum atomic E-state index is 9.91. The summed E-state index contributed by atoms with van der Waals surface area (Å²) in [6, 6.07) is 28.1. The molecule has 2 aliphatic rings. The van der Waals surface area contributed by atoms with E-state index >= 15 is 0 Å². The van der Waals surface area contributed by atoms with Gasteiger partial charge in [0, 0.05) is 0 Å². The zero-order chi connectivity index (χ0) is 21.2. The molecule has 1 radical (unpaired) electrons. The molecule has 0 fully saturated rings. The fourth-order valence-corrected chi connectivity index (χ4v) is 5.43. The molecule has 4 aromatic carbocycles. The molecule has 4 aromatic rings. The molecule has 6 heteroatoms. The Morgan fingerprint density at radius 3 is 1.81 bits per heavy atom. The van der Waals surface area contributed by atoms with Gasteiger partial charge in [-0.05, 0) is 62.1 Å². The Balaban J connectivity index is 1.79. The van der Waals surface area contributed by atoms with E-state index in [9.17, 15) is 15.1 Å². The van der Waals surface area contributed by atoms with Crippen LogP contribution in [0.15, 0.2) is 84.9 Å². The highest BCUT2D eigenvalue weighted by atomic mass is 16.5. The van der Waals surface area contributed by atoms with Gasteiger partial charge in [0.25, 0.3) is 0 Å². The molecule has 0 saturated carbocycles. The Morgan fingerprint density at radius 2 is 1.19 bits per heavy atom. The van der Waals surface area contributed by atoms with Gasteiger partial charge in [0.2, 0.25) is 0 Å². The van der Waals surface area contributed by atoms with Gasteiger partial charge >= 0.3 is 14.8 Å². The molecule has 4 nitrogen and oxygen atoms in total. The zero-order valence-electron chi connectivity index (χ0n) is 16.5. The van der Waals surface area contributed by atoms with Crippen molar-refractivity contribution in [2.45, 2.75) is 5.41 Å². The van der Waals surface area contributed by atoms with Crippen molar-refractivity contribution in [1.29, 1.82) is 0 Å². The zero-order valence-corrected chi connectivity index (χ0v) is 16.5. The molecule has 0 saturated heterocycles. The molecular formula is C25H17B2O4. The minimum Gasteiger partial charge on any atom is -0.537 e. The first-order chi connectivity index (χ1) is 15.2. The molecule has 0 atom stereocenters. The van der Waals surface area contributed by atoms with E-state index in [0.29, 0.717) is 18.9 Å². The van der Waals surface area contributed by atoms with E-state index in [1.54, 1.807) is 6.07 Å². The van der Waals surface area contributed by atoms with Crippen LogP contribution in [0.4, 0.5) is 0 Å². The number of hydrogen-bond donors (Lipinski definition) is 3. The molecule has 6 rings (SSSR count). The molecule has 3 N–H and O–H groups in total. The number of benzene rings is 4. The van der Waals surface area contributed by atoms with E-state index in [1.807, 2.05) is 54.6 Å². The summed E-state index contributed by atoms with van der Waals surface area (Å²) >= 11 is 0. The van der Waals surface area contributed by atoms with Crippen LogP contribution in [0.1, 0.15) is 22.3 Å². The number of hydrogen-bond acceptors (Lipinski definition) is 4. The average molecular weight is 403 g/mol. The van der Waals surface area contributed by atoms with Gasteiger partial charge in [0.1, 0.15) is 5.75 Å². The Labute approximate surface area is 180 Å². The first-order valence-electron chi connectivity index (χ1n) is 10.1. The van der Waals surface area contributed by atoms with Gasteiger partial charge in [-0.3, -0.25) is 0 Å². The first-order valence-corrected chi connectivity index (χ1v) is 10.1. The fourth-order valence-electron chi connectivity index (χ4n) is 5.43. The van der Waals surface area contributed by atoms with Gasteiger partial charge in [-0.25, -0.2) is 0 Å². The summed E-state index contributed by atoms with van der Waals surface area (Å²) in [5, 5.41) is 29.0. The van der Waals surface area contributed by atoms with Gasteiger partial charge in [0.05, 0.1) is 5.41 Å². The summed E-state index contributed by atoms with van der Waals surface area (Å²) in [5.41, 5.74) is 8.61. The molecule has 0 heterocycles. The van der Waals surface area contributed by atoms with Crippen molar-refractivity contribution in [3.63, 3.8) is 0 Å². The van der Waals surface area contributed by atoms with E-state index < -0.39 is 12.5 Å². The third-order valence-electron chi connectivity index (χ3n) is 6.57. The summed E-state index contributed by atoms with van der Waals surface area (Å²) in [6.07, 6.45) is 0. The Bertz CT molecular complexity index is 1300. The van der Waals surface area contributed by atoms with E-state index in [0.717, 1.165) is 44.5 Å². The van der Waals surface area contributed by atoms with Gasteiger partial charge in [-0.1, -0.05) is 72.8 Å². The standard InChI is InChI=1S/C25H17B2O4/c28-26-31-16-10-12-20-19-11-9-15(27(29)30)13-23(19)25(24(20)14-16)21-7-3-1-5-17(21)18-6-2-4-8-22(18)25/h1-14,28-30H. The van der Waals surface area contributed by atoms with Crippen LogP contribution in [0, 0.1) is 0 Å². The smallest absolute Gasteiger partial charge is 0.537 e. The monoisotopic (exact) mass is 403 g/mol. The van der Waals surface area contributed by atoms with Crippen LogP contribution in [-0.2, 0) is 5.41 Å². The fraction of sp³-hybridized carbons (Fsp3) is 0.0400. The third kappa shape index (κ3) is 2.32. The van der Waals surface area contributed by atoms with Gasteiger partial charge in [-0.15, -0.1) is 0 Å². The number of fused-ring (bicyclic) bond motifs is 10. The lowest BCUT2D eigenvalue weighted by atomic mass is 9.68. The Morgan fingerprint density at radius 1 is 0.645 bits per heavy atom. The summed E-state index contributed by atoms with van der Waals surface area (Å²) in [7, 11) is -0.867. The van der Waals surface area contributed by atoms with Crippen molar-refractivity contribution in [2.75, 3.05) is 0 Å². The normalized spacial score (nSPS) is 13.9. The molecule has 0 aromatic heterocycles. The van der Waals surface area contributed by atoms with Crippen molar-refractivity contribution >= 4 is 20.3 Å². The van der Waals surface area contributed by atoms with Crippen LogP contribution in [-0.4, -0.2) is 29.9 Å². The molecule has 0 unspecified atom stereocenters. The maximum absolute atomic E-state index is 9.91. The second-order valence-electron chi connectivity index (χ2n) is 7.95. The van der Waals surface area contributed by atoms with Crippen LogP contribution in [0.25, 0.3) is 22.3 Å². The summed E-state index contributed by atoms with van der Waals surface area (Å²) < 4.78 is 5.32. The molecule has 147 valence electrons. The van der Waals surface area contributed by atoms with Crippen LogP contribution < -0.4 is 10.1 Å². The highest BCUT2D eigenvalue weighted by Gasteiger charge is 2.51. The molecule has 1 spiro atoms. The molecule has 31 heavy (non-hydrogen) atoms. The molecule has 0 bridgehead atoms. The van der Waals surface area contributed by atoms with Crippen LogP contribution in [0.3, 0.4) is 0 Å². The van der Waals surface area contributed by atoms with Crippen molar-refractivity contribution in [3.8, 4) is 28.0 Å². The lowest BCUT2D eigenvalue weighted by Gasteiger charge is -2.31. The average Bonchev–Trinajstić information content (AvgIpc) is 3.26. The van der Waals surface area contributed by atoms with Gasteiger partial charge in [-0.2, -0.15) is 0 Å². The maximum Gasteiger partial charge on any atom is 0.569 e. The lowest BCUT2D eigenvalue weighted by Crippen LogP contribution is -2.33. The second-order valence-corrected chi connectivity index (χ2v) is 7.95. The van der Waals surface area contributed by atoms with E-state index in [2.05, 4.69) is 24.3 Å². The van der Waals surface area contributed by atoms with Crippen molar-refractivity contribution in [2.24, 2.45) is 0 Å². The molecule has 0 aliphatic heterocycles. The SMILES string of the molecule is O[B]Oc1ccc2c(c1)C1(c3ccccc3-c3ccccc31)c1cc(B(O)O)ccc1-2. The van der Waals surface area contributed by atoms with E-state index in [1.165, 1.54) is 0 Å². The minimum atomic E-state index is -1.55. The largest absolute Gasteiger partial charge is 0.569 e. The summed E-state index contributed by atoms with van der Waals surface area (Å²) in [4.78, 5) is 0. The predicted molar refractivity (Wildman–Crippen MR) is 121 cm³/mol. The lowest BCUT2D eigenvalue weighted by molar-refractivity contribution is 0.425. The van der Waals surface area contributed by atoms with Crippen molar-refractivity contribution in [1.82, 2.24) is 0 Å². The van der Waals surface area contributed by atoms with E-state index in [4.69, 9.17) is 4.65 Å². The Hall–Kier alpha value is -3.31. The van der Waals surface area contributed by atoms with Crippen LogP contribution in [0.5, 0.6) is 5.75 Å². The highest BCUT2D eigenvalue weighted by Crippen LogP contribution is 2.62. The van der Waals surface area contributed by atoms with Crippen LogP contribution in [0.2, 0.25) is 0 Å². The summed E-state index contributed by atoms with van der Waals surface area (Å²) in [6.45, 7) is 0. The minimum absolute atomic E-state index is 0.452. The second kappa shape index (κ2) is 6.59. The predicted octanol–water partition coefficient (Wildman–Crippen LogP) is 2.62. The van der Waals surface area contributed by atoms with Crippen molar-refractivity contribution in [3.05, 3.63) is 107 Å². The molecule has 2 aliphatic carbocycles. The Kier molecular flexibility index (Phi) is 3.93. The number of rotatable bonds is 3. The highest BCUT2D eigenvalue weighted by molar-refractivity contribution is 6.58. The molecule has 0 amide bonds. The topological polar surface area (TPSA) is 69.9 Å². The van der Waals surface area contributed by atoms with Gasteiger partial charge in [0.15, 0.2) is 0 Å². The van der Waals surface area contributed by atoms with E-state index in [-0.39, 0.29) is 0 Å². The van der Waals surface area contributed by atoms with Crippen LogP contribution >= 0.6 is 0 Å². The van der Waals surface area contributed by atoms with Gasteiger partial charge < -0.3 is 19.7 Å². The van der Waals surface area contributed by atoms with Crippen molar-refractivity contribution < 1.29 is 19.7 Å². The molecular weight excluding hydrogens is 386 g/mol. The summed E-state index contributed by atoms with van der Waals surface area (Å²) in [5.74, 6) is 0.540. The third-order valence-corrected chi connectivity index (χ3v) is 6.57. The quantitative estimate of drug-likeness (QED) is 0.398.